The highest BCUT2D eigenvalue weighted by Crippen LogP contribution is 2.24. The highest BCUT2D eigenvalue weighted by atomic mass is 16.5. The SMILES string of the molecule is C[C@@H](C1CCN(C(=O)c2coc(CN3CCOCC3)c2)CC1)N(C)C. The molecule has 25 heavy (non-hydrogen) atoms. The zero-order chi connectivity index (χ0) is 17.8. The average molecular weight is 349 g/mol. The minimum Gasteiger partial charge on any atom is -0.467 e. The predicted molar refractivity (Wildman–Crippen MR) is 96.6 cm³/mol. The molecule has 0 aromatic carbocycles. The van der Waals surface area contributed by atoms with E-state index in [0.29, 0.717) is 17.5 Å². The molecule has 0 N–H and O–H groups in total. The zero-order valence-electron chi connectivity index (χ0n) is 15.7. The number of furan rings is 1. The molecule has 1 atom stereocenters. The number of ether oxygens (including phenoxy) is 1. The van der Waals surface area contributed by atoms with Gasteiger partial charge in [-0.05, 0) is 45.8 Å². The van der Waals surface area contributed by atoms with Gasteiger partial charge >= 0.3 is 0 Å². The molecule has 3 heterocycles. The Morgan fingerprint density at radius 3 is 2.56 bits per heavy atom. The van der Waals surface area contributed by atoms with Gasteiger partial charge in [0.2, 0.25) is 0 Å². The molecule has 6 nitrogen and oxygen atoms in total. The molecule has 1 aromatic heterocycles. The molecule has 2 aliphatic heterocycles. The molecule has 0 spiro atoms. The van der Waals surface area contributed by atoms with Crippen molar-refractivity contribution in [2.24, 2.45) is 5.92 Å². The van der Waals surface area contributed by atoms with Gasteiger partial charge in [-0.3, -0.25) is 9.69 Å². The summed E-state index contributed by atoms with van der Waals surface area (Å²) in [5.41, 5.74) is 0.683. The molecule has 1 amide bonds. The van der Waals surface area contributed by atoms with Crippen molar-refractivity contribution in [3.05, 3.63) is 23.7 Å². The van der Waals surface area contributed by atoms with Crippen LogP contribution in [0.1, 0.15) is 35.9 Å². The first-order valence-electron chi connectivity index (χ1n) is 9.38. The van der Waals surface area contributed by atoms with Crippen LogP contribution in [0.3, 0.4) is 0 Å². The minimum absolute atomic E-state index is 0.105. The average Bonchev–Trinajstić information content (AvgIpc) is 3.10. The third-order valence-electron chi connectivity index (χ3n) is 5.71. The molecule has 0 bridgehead atoms. The van der Waals surface area contributed by atoms with Crippen LogP contribution >= 0.6 is 0 Å². The molecule has 6 heteroatoms. The Bertz CT molecular complexity index is 558. The molecule has 2 saturated heterocycles. The summed E-state index contributed by atoms with van der Waals surface area (Å²) in [4.78, 5) is 19.3. The van der Waals surface area contributed by atoms with Crippen LogP contribution in [0, 0.1) is 5.92 Å². The summed E-state index contributed by atoms with van der Waals surface area (Å²) in [6.45, 7) is 8.08. The van der Waals surface area contributed by atoms with Crippen molar-refractivity contribution in [3.63, 3.8) is 0 Å². The zero-order valence-corrected chi connectivity index (χ0v) is 15.7. The first-order valence-corrected chi connectivity index (χ1v) is 9.38. The second kappa shape index (κ2) is 8.34. The molecule has 2 fully saturated rings. The molecule has 0 radical (unpaired) electrons. The second-order valence-electron chi connectivity index (χ2n) is 7.52. The van der Waals surface area contributed by atoms with Gasteiger partial charge in [-0.2, -0.15) is 0 Å². The van der Waals surface area contributed by atoms with Crippen molar-refractivity contribution in [2.45, 2.75) is 32.4 Å². The van der Waals surface area contributed by atoms with E-state index in [4.69, 9.17) is 9.15 Å². The maximum absolute atomic E-state index is 12.7. The van der Waals surface area contributed by atoms with E-state index in [0.717, 1.165) is 64.5 Å². The Labute approximate surface area is 150 Å². The van der Waals surface area contributed by atoms with E-state index in [9.17, 15) is 4.79 Å². The van der Waals surface area contributed by atoms with Gasteiger partial charge in [-0.1, -0.05) is 0 Å². The first-order chi connectivity index (χ1) is 12.0. The molecule has 2 aliphatic rings. The van der Waals surface area contributed by atoms with Crippen LogP contribution in [0.25, 0.3) is 0 Å². The van der Waals surface area contributed by atoms with Crippen molar-refractivity contribution in [1.29, 1.82) is 0 Å². The van der Waals surface area contributed by atoms with Crippen molar-refractivity contribution in [1.82, 2.24) is 14.7 Å². The fourth-order valence-corrected chi connectivity index (χ4v) is 3.74. The summed E-state index contributed by atoms with van der Waals surface area (Å²) in [7, 11) is 4.26. The lowest BCUT2D eigenvalue weighted by molar-refractivity contribution is 0.0313. The van der Waals surface area contributed by atoms with Gasteiger partial charge in [-0.25, -0.2) is 0 Å². The molecule has 0 saturated carbocycles. The number of carbonyl (C=O) groups is 1. The summed E-state index contributed by atoms with van der Waals surface area (Å²) < 4.78 is 11.0. The van der Waals surface area contributed by atoms with Crippen molar-refractivity contribution >= 4 is 5.91 Å². The third-order valence-corrected chi connectivity index (χ3v) is 5.71. The Morgan fingerprint density at radius 2 is 1.92 bits per heavy atom. The van der Waals surface area contributed by atoms with E-state index in [1.165, 1.54) is 0 Å². The van der Waals surface area contributed by atoms with Crippen LogP contribution in [0.5, 0.6) is 0 Å². The normalized spacial score (nSPS) is 21.7. The van der Waals surface area contributed by atoms with Gasteiger partial charge in [-0.15, -0.1) is 0 Å². The predicted octanol–water partition coefficient (Wildman–Crippen LogP) is 1.91. The molecule has 3 rings (SSSR count). The number of amides is 1. The largest absolute Gasteiger partial charge is 0.467 e. The maximum Gasteiger partial charge on any atom is 0.257 e. The van der Waals surface area contributed by atoms with Crippen LogP contribution in [-0.2, 0) is 11.3 Å². The van der Waals surface area contributed by atoms with Gasteiger partial charge in [0.05, 0.1) is 25.3 Å². The minimum atomic E-state index is 0.105. The van der Waals surface area contributed by atoms with E-state index in [1.54, 1.807) is 6.26 Å². The quantitative estimate of drug-likeness (QED) is 0.813. The van der Waals surface area contributed by atoms with E-state index in [-0.39, 0.29) is 5.91 Å². The smallest absolute Gasteiger partial charge is 0.257 e. The van der Waals surface area contributed by atoms with Gasteiger partial charge in [0.1, 0.15) is 12.0 Å². The van der Waals surface area contributed by atoms with Crippen molar-refractivity contribution in [3.8, 4) is 0 Å². The topological polar surface area (TPSA) is 49.2 Å². The fraction of sp³-hybridized carbons (Fsp3) is 0.737. The standard InChI is InChI=1S/C19H31N3O3/c1-15(20(2)3)16-4-6-22(7-5-16)19(23)17-12-18(25-14-17)13-21-8-10-24-11-9-21/h12,14-16H,4-11,13H2,1-3H3/t15-/m0/s1. The van der Waals surface area contributed by atoms with E-state index >= 15 is 0 Å². The Hall–Kier alpha value is -1.37. The number of hydrogen-bond donors (Lipinski definition) is 0. The van der Waals surface area contributed by atoms with Gasteiger partial charge in [0.15, 0.2) is 0 Å². The van der Waals surface area contributed by atoms with Crippen LogP contribution in [0.15, 0.2) is 16.7 Å². The third kappa shape index (κ3) is 4.63. The number of likely N-dealkylation sites (tertiary alicyclic amines) is 1. The van der Waals surface area contributed by atoms with Gasteiger partial charge in [0.25, 0.3) is 5.91 Å². The summed E-state index contributed by atoms with van der Waals surface area (Å²) >= 11 is 0. The Balaban J connectivity index is 1.52. The highest BCUT2D eigenvalue weighted by molar-refractivity contribution is 5.94. The lowest BCUT2D eigenvalue weighted by atomic mass is 9.89. The van der Waals surface area contributed by atoms with Gasteiger partial charge in [0, 0.05) is 32.2 Å². The van der Waals surface area contributed by atoms with Crippen LogP contribution in [0.4, 0.5) is 0 Å². The van der Waals surface area contributed by atoms with Crippen LogP contribution < -0.4 is 0 Å². The van der Waals surface area contributed by atoms with Crippen LogP contribution in [-0.4, -0.2) is 80.1 Å². The van der Waals surface area contributed by atoms with E-state index in [2.05, 4.69) is 30.8 Å². The maximum atomic E-state index is 12.7. The number of morpholine rings is 1. The summed E-state index contributed by atoms with van der Waals surface area (Å²) in [6, 6.07) is 2.47. The van der Waals surface area contributed by atoms with Crippen LogP contribution in [0.2, 0.25) is 0 Å². The Morgan fingerprint density at radius 1 is 1.24 bits per heavy atom. The number of carbonyl (C=O) groups excluding carboxylic acids is 1. The summed E-state index contributed by atoms with van der Waals surface area (Å²) in [5.74, 6) is 1.63. The number of rotatable bonds is 5. The van der Waals surface area contributed by atoms with Gasteiger partial charge < -0.3 is 19.0 Å². The summed E-state index contributed by atoms with van der Waals surface area (Å²) in [6.07, 6.45) is 3.76. The number of nitrogens with zero attached hydrogens (tertiary/aromatic N) is 3. The molecular weight excluding hydrogens is 318 g/mol. The van der Waals surface area contributed by atoms with E-state index in [1.807, 2.05) is 11.0 Å². The molecule has 140 valence electrons. The molecule has 0 unspecified atom stereocenters. The second-order valence-corrected chi connectivity index (χ2v) is 7.52. The number of piperidine rings is 1. The van der Waals surface area contributed by atoms with E-state index < -0.39 is 0 Å². The lowest BCUT2D eigenvalue weighted by Gasteiger charge is -2.37. The molecule has 1 aromatic rings. The van der Waals surface area contributed by atoms with Crippen molar-refractivity contribution < 1.29 is 13.9 Å². The fourth-order valence-electron chi connectivity index (χ4n) is 3.74. The highest BCUT2D eigenvalue weighted by Gasteiger charge is 2.28. The summed E-state index contributed by atoms with van der Waals surface area (Å²) in [5, 5.41) is 0. The molecule has 0 aliphatic carbocycles. The monoisotopic (exact) mass is 349 g/mol. The lowest BCUT2D eigenvalue weighted by Crippen LogP contribution is -2.43. The molecular formula is C19H31N3O3. The van der Waals surface area contributed by atoms with Crippen molar-refractivity contribution in [2.75, 3.05) is 53.5 Å². The first kappa shape index (κ1) is 18.4. The number of hydrogen-bond acceptors (Lipinski definition) is 5. The Kier molecular flexibility index (Phi) is 6.15.